The van der Waals surface area contributed by atoms with Crippen LogP contribution in [-0.2, 0) is 17.8 Å². The van der Waals surface area contributed by atoms with E-state index in [1.807, 2.05) is 23.6 Å². The molecule has 0 radical (unpaired) electrons. The highest BCUT2D eigenvalue weighted by atomic mass is 32.1. The Morgan fingerprint density at radius 2 is 1.83 bits per heavy atom. The van der Waals surface area contributed by atoms with E-state index in [0.717, 1.165) is 10.4 Å². The van der Waals surface area contributed by atoms with Crippen molar-refractivity contribution >= 4 is 17.2 Å². The molecule has 0 unspecified atom stereocenters. The number of nitrogens with zero attached hydrogens (tertiary/aromatic N) is 1. The van der Waals surface area contributed by atoms with Gasteiger partial charge in [-0.1, -0.05) is 12.1 Å². The van der Waals surface area contributed by atoms with E-state index in [4.69, 9.17) is 14.2 Å². The van der Waals surface area contributed by atoms with Crippen molar-refractivity contribution in [3.05, 3.63) is 40.1 Å². The first-order valence-corrected chi connectivity index (χ1v) is 8.02. The lowest BCUT2D eigenvalue weighted by Crippen LogP contribution is -2.27. The van der Waals surface area contributed by atoms with Gasteiger partial charge in [-0.15, -0.1) is 11.3 Å². The van der Waals surface area contributed by atoms with Crippen molar-refractivity contribution < 1.29 is 19.0 Å². The molecule has 1 heterocycles. The van der Waals surface area contributed by atoms with Crippen LogP contribution in [0.2, 0.25) is 0 Å². The van der Waals surface area contributed by atoms with Gasteiger partial charge in [0.05, 0.1) is 34.3 Å². The molecule has 0 aliphatic rings. The van der Waals surface area contributed by atoms with Crippen molar-refractivity contribution in [2.24, 2.45) is 0 Å². The van der Waals surface area contributed by atoms with Gasteiger partial charge in [0.15, 0.2) is 11.5 Å². The fourth-order valence-electron chi connectivity index (χ4n) is 2.32. The topological polar surface area (TPSA) is 48.0 Å². The van der Waals surface area contributed by atoms with E-state index < -0.39 is 0 Å². The fourth-order valence-corrected chi connectivity index (χ4v) is 3.08. The number of hydrogen-bond donors (Lipinski definition) is 0. The monoisotopic (exact) mass is 335 g/mol. The van der Waals surface area contributed by atoms with Crippen LogP contribution in [0.25, 0.3) is 0 Å². The SMILES string of the molecule is COc1ccc(CC(=O)N(C)Cc2cccs2)c(OC)c1OC. The maximum atomic E-state index is 12.5. The molecule has 5 nitrogen and oxygen atoms in total. The molecule has 6 heteroatoms. The minimum absolute atomic E-state index is 0.0175. The Kier molecular flexibility index (Phi) is 5.87. The summed E-state index contributed by atoms with van der Waals surface area (Å²) in [5.41, 5.74) is 0.771. The van der Waals surface area contributed by atoms with Gasteiger partial charge >= 0.3 is 0 Å². The summed E-state index contributed by atoms with van der Waals surface area (Å²) in [6.45, 7) is 0.603. The number of ether oxygens (including phenoxy) is 3. The van der Waals surface area contributed by atoms with Crippen LogP contribution in [0.4, 0.5) is 0 Å². The Morgan fingerprint density at radius 1 is 1.09 bits per heavy atom. The molecule has 1 aromatic heterocycles. The highest BCUT2D eigenvalue weighted by Gasteiger charge is 2.19. The van der Waals surface area contributed by atoms with Crippen LogP contribution in [0.1, 0.15) is 10.4 Å². The van der Waals surface area contributed by atoms with E-state index in [2.05, 4.69) is 0 Å². The molecule has 0 spiro atoms. The van der Waals surface area contributed by atoms with Crippen molar-refractivity contribution in [1.82, 2.24) is 4.90 Å². The lowest BCUT2D eigenvalue weighted by atomic mass is 10.1. The molecular formula is C17H21NO4S. The predicted octanol–water partition coefficient (Wildman–Crippen LogP) is 2.98. The number of methoxy groups -OCH3 is 3. The predicted molar refractivity (Wildman–Crippen MR) is 90.6 cm³/mol. The van der Waals surface area contributed by atoms with Crippen LogP contribution in [0.3, 0.4) is 0 Å². The van der Waals surface area contributed by atoms with E-state index in [1.54, 1.807) is 50.7 Å². The Bertz CT molecular complexity index is 655. The third kappa shape index (κ3) is 3.96. The zero-order valence-corrected chi connectivity index (χ0v) is 14.6. The highest BCUT2D eigenvalue weighted by molar-refractivity contribution is 7.09. The summed E-state index contributed by atoms with van der Waals surface area (Å²) < 4.78 is 16.0. The number of carbonyl (C=O) groups is 1. The van der Waals surface area contributed by atoms with Crippen LogP contribution in [0.15, 0.2) is 29.6 Å². The highest BCUT2D eigenvalue weighted by Crippen LogP contribution is 2.40. The minimum atomic E-state index is 0.0175. The molecule has 2 aromatic rings. The van der Waals surface area contributed by atoms with E-state index in [9.17, 15) is 4.79 Å². The molecule has 0 aliphatic heterocycles. The maximum Gasteiger partial charge on any atom is 0.227 e. The van der Waals surface area contributed by atoms with Gasteiger partial charge in [0, 0.05) is 17.5 Å². The molecule has 0 atom stereocenters. The van der Waals surface area contributed by atoms with Crippen molar-refractivity contribution in [1.29, 1.82) is 0 Å². The number of hydrogen-bond acceptors (Lipinski definition) is 5. The van der Waals surface area contributed by atoms with Crippen LogP contribution >= 0.6 is 11.3 Å². The smallest absolute Gasteiger partial charge is 0.227 e. The van der Waals surface area contributed by atoms with Gasteiger partial charge < -0.3 is 19.1 Å². The molecule has 0 saturated carbocycles. The molecular weight excluding hydrogens is 314 g/mol. The molecule has 0 bridgehead atoms. The van der Waals surface area contributed by atoms with E-state index in [1.165, 1.54) is 0 Å². The number of likely N-dealkylation sites (N-methyl/N-ethyl adjacent to an activating group) is 1. The number of amides is 1. The van der Waals surface area contributed by atoms with Gasteiger partial charge in [0.1, 0.15) is 0 Å². The normalized spacial score (nSPS) is 10.3. The number of carbonyl (C=O) groups excluding carboxylic acids is 1. The van der Waals surface area contributed by atoms with Gasteiger partial charge in [-0.2, -0.15) is 0 Å². The first kappa shape index (κ1) is 17.1. The molecule has 0 aliphatic carbocycles. The molecule has 1 amide bonds. The van der Waals surface area contributed by atoms with E-state index in [-0.39, 0.29) is 12.3 Å². The average Bonchev–Trinajstić information content (AvgIpc) is 3.06. The summed E-state index contributed by atoms with van der Waals surface area (Å²) in [4.78, 5) is 15.3. The minimum Gasteiger partial charge on any atom is -0.493 e. The van der Waals surface area contributed by atoms with E-state index >= 15 is 0 Å². The zero-order valence-electron chi connectivity index (χ0n) is 13.8. The summed E-state index contributed by atoms with van der Waals surface area (Å²) in [6.07, 6.45) is 0.241. The van der Waals surface area contributed by atoms with Crippen molar-refractivity contribution in [2.75, 3.05) is 28.4 Å². The summed E-state index contributed by atoms with van der Waals surface area (Å²) in [5, 5.41) is 2.00. The average molecular weight is 335 g/mol. The Hall–Kier alpha value is -2.21. The lowest BCUT2D eigenvalue weighted by molar-refractivity contribution is -0.129. The van der Waals surface area contributed by atoms with Crippen molar-refractivity contribution in [3.63, 3.8) is 0 Å². The summed E-state index contributed by atoms with van der Waals surface area (Å²) in [5.74, 6) is 1.63. The second kappa shape index (κ2) is 7.87. The van der Waals surface area contributed by atoms with Crippen LogP contribution in [0.5, 0.6) is 17.2 Å². The van der Waals surface area contributed by atoms with Gasteiger partial charge in [-0.3, -0.25) is 4.79 Å². The first-order valence-electron chi connectivity index (χ1n) is 7.14. The quantitative estimate of drug-likeness (QED) is 0.780. The Morgan fingerprint density at radius 3 is 2.39 bits per heavy atom. The van der Waals surface area contributed by atoms with Gasteiger partial charge in [-0.25, -0.2) is 0 Å². The van der Waals surface area contributed by atoms with Crippen molar-refractivity contribution in [2.45, 2.75) is 13.0 Å². The second-order valence-corrected chi connectivity index (χ2v) is 6.03. The summed E-state index contributed by atoms with van der Waals surface area (Å²) in [6, 6.07) is 7.61. The maximum absolute atomic E-state index is 12.5. The lowest BCUT2D eigenvalue weighted by Gasteiger charge is -2.19. The summed E-state index contributed by atoms with van der Waals surface area (Å²) in [7, 11) is 6.47. The van der Waals surface area contributed by atoms with Gasteiger partial charge in [-0.05, 0) is 17.5 Å². The molecule has 23 heavy (non-hydrogen) atoms. The third-order valence-corrected chi connectivity index (χ3v) is 4.39. The van der Waals surface area contributed by atoms with Gasteiger partial charge in [0.2, 0.25) is 11.7 Å². The van der Waals surface area contributed by atoms with E-state index in [0.29, 0.717) is 23.8 Å². The molecule has 0 fully saturated rings. The molecule has 2 rings (SSSR count). The van der Waals surface area contributed by atoms with Crippen molar-refractivity contribution in [3.8, 4) is 17.2 Å². The molecule has 0 N–H and O–H groups in total. The summed E-state index contributed by atoms with van der Waals surface area (Å²) >= 11 is 1.64. The zero-order chi connectivity index (χ0) is 16.8. The first-order chi connectivity index (χ1) is 11.1. The van der Waals surface area contributed by atoms with Crippen LogP contribution < -0.4 is 14.2 Å². The Balaban J connectivity index is 2.17. The van der Waals surface area contributed by atoms with Gasteiger partial charge in [0.25, 0.3) is 0 Å². The number of thiophene rings is 1. The second-order valence-electron chi connectivity index (χ2n) is 5.00. The fraction of sp³-hybridized carbons (Fsp3) is 0.353. The Labute approximate surface area is 140 Å². The third-order valence-electron chi connectivity index (χ3n) is 3.53. The molecule has 0 saturated heterocycles. The van der Waals surface area contributed by atoms with Crippen LogP contribution in [0, 0.1) is 0 Å². The number of rotatable bonds is 7. The molecule has 1 aromatic carbocycles. The van der Waals surface area contributed by atoms with Crippen LogP contribution in [-0.4, -0.2) is 39.2 Å². The standard InChI is InChI=1S/C17H21NO4S/c1-18(11-13-6-5-9-23-13)15(19)10-12-7-8-14(20-2)17(22-4)16(12)21-3/h5-9H,10-11H2,1-4H3. The largest absolute Gasteiger partial charge is 0.493 e. The number of benzene rings is 1. The molecule has 124 valence electrons.